The number of nitriles is 1. The first-order valence-electron chi connectivity index (χ1n) is 11.8. The quantitative estimate of drug-likeness (QED) is 0.570. The van der Waals surface area contributed by atoms with E-state index >= 15 is 0 Å². The van der Waals surface area contributed by atoms with E-state index in [-0.39, 0.29) is 24.9 Å². The second kappa shape index (κ2) is 10.4. The lowest BCUT2D eigenvalue weighted by molar-refractivity contribution is -0.146. The smallest absolute Gasteiger partial charge is 0.416 e. The topological polar surface area (TPSA) is 82.4 Å². The molecule has 1 saturated carbocycles. The van der Waals surface area contributed by atoms with Crippen LogP contribution < -0.4 is 5.32 Å². The molecule has 0 radical (unpaired) electrons. The van der Waals surface area contributed by atoms with Gasteiger partial charge < -0.3 is 15.0 Å². The van der Waals surface area contributed by atoms with Crippen molar-refractivity contribution in [2.75, 3.05) is 6.54 Å². The van der Waals surface area contributed by atoms with Gasteiger partial charge in [0.2, 0.25) is 0 Å². The van der Waals surface area contributed by atoms with E-state index in [1.165, 1.54) is 12.1 Å². The molecular weight excluding hydrogens is 466 g/mol. The summed E-state index contributed by atoms with van der Waals surface area (Å²) in [5, 5.41) is 12.0. The predicted octanol–water partition coefficient (Wildman–Crippen LogP) is 5.34. The molecule has 35 heavy (non-hydrogen) atoms. The van der Waals surface area contributed by atoms with Crippen molar-refractivity contribution < 1.29 is 31.9 Å². The minimum Gasteiger partial charge on any atom is -0.436 e. The van der Waals surface area contributed by atoms with Crippen LogP contribution in [0.2, 0.25) is 0 Å². The summed E-state index contributed by atoms with van der Waals surface area (Å²) >= 11 is 0. The van der Waals surface area contributed by atoms with Crippen LogP contribution >= 0.6 is 0 Å². The molecule has 0 bridgehead atoms. The van der Waals surface area contributed by atoms with Gasteiger partial charge in [0.25, 0.3) is 5.91 Å². The molecular formula is C25H31F4N3O3. The van der Waals surface area contributed by atoms with Gasteiger partial charge in [-0.2, -0.15) is 18.4 Å². The zero-order valence-corrected chi connectivity index (χ0v) is 20.1. The van der Waals surface area contributed by atoms with Crippen LogP contribution in [0.5, 0.6) is 0 Å². The number of halogens is 4. The standard InChI is InChI=1S/C25H31F4N3O3/c1-24(2,3)21(22(33)32-14-18(26)12-20(32)13-30)35-23(34)31-19-10-6-16(7-11-19)15-4-8-17(9-5-15)25(27,28)29/h4-5,8-9,16,18-21H,6-7,10-12,14H2,1-3H3,(H,31,34)/t16?,18-,19?,20-,21?/m0/s1. The van der Waals surface area contributed by atoms with Crippen molar-refractivity contribution >= 4 is 12.0 Å². The van der Waals surface area contributed by atoms with Crippen LogP contribution in [0.3, 0.4) is 0 Å². The van der Waals surface area contributed by atoms with Crippen LogP contribution in [0.15, 0.2) is 24.3 Å². The largest absolute Gasteiger partial charge is 0.436 e. The molecule has 2 aliphatic rings. The van der Waals surface area contributed by atoms with Crippen LogP contribution in [0, 0.1) is 16.7 Å². The average Bonchev–Trinajstić information content (AvgIpc) is 3.17. The van der Waals surface area contributed by atoms with Crippen molar-refractivity contribution in [3.63, 3.8) is 0 Å². The highest BCUT2D eigenvalue weighted by Gasteiger charge is 2.44. The number of amides is 2. The summed E-state index contributed by atoms with van der Waals surface area (Å²) in [5.41, 5.74) is -0.621. The second-order valence-electron chi connectivity index (χ2n) is 10.4. The molecule has 2 fully saturated rings. The minimum absolute atomic E-state index is 0.0620. The minimum atomic E-state index is -4.37. The summed E-state index contributed by atoms with van der Waals surface area (Å²) in [7, 11) is 0. The maximum absolute atomic E-state index is 13.8. The summed E-state index contributed by atoms with van der Waals surface area (Å²) in [5.74, 6) is -0.493. The van der Waals surface area contributed by atoms with Crippen LogP contribution in [0.25, 0.3) is 0 Å². The number of carbonyl (C=O) groups is 2. The highest BCUT2D eigenvalue weighted by atomic mass is 19.4. The van der Waals surface area contributed by atoms with Crippen LogP contribution in [0.4, 0.5) is 22.4 Å². The van der Waals surface area contributed by atoms with Gasteiger partial charge in [-0.3, -0.25) is 4.79 Å². The summed E-state index contributed by atoms with van der Waals surface area (Å²) in [6, 6.07) is 6.02. The number of hydrogen-bond donors (Lipinski definition) is 1. The molecule has 1 aromatic rings. The highest BCUT2D eigenvalue weighted by molar-refractivity contribution is 5.85. The van der Waals surface area contributed by atoms with Crippen molar-refractivity contribution in [3.05, 3.63) is 35.4 Å². The van der Waals surface area contributed by atoms with Crippen molar-refractivity contribution in [1.82, 2.24) is 10.2 Å². The fourth-order valence-electron chi connectivity index (χ4n) is 4.72. The Kier molecular flexibility index (Phi) is 7.97. The van der Waals surface area contributed by atoms with Crippen molar-refractivity contribution in [1.29, 1.82) is 5.26 Å². The Morgan fingerprint density at radius 3 is 2.23 bits per heavy atom. The van der Waals surface area contributed by atoms with Crippen LogP contribution in [-0.2, 0) is 15.7 Å². The zero-order valence-electron chi connectivity index (χ0n) is 20.1. The van der Waals surface area contributed by atoms with Gasteiger partial charge in [0.1, 0.15) is 12.2 Å². The number of alkyl halides is 4. The van der Waals surface area contributed by atoms with Gasteiger partial charge in [0.05, 0.1) is 18.2 Å². The maximum atomic E-state index is 13.8. The van der Waals surface area contributed by atoms with Crippen LogP contribution in [0.1, 0.15) is 69.9 Å². The molecule has 192 valence electrons. The molecule has 1 unspecified atom stereocenters. The monoisotopic (exact) mass is 497 g/mol. The molecule has 1 N–H and O–H groups in total. The number of nitrogens with zero attached hydrogens (tertiary/aromatic N) is 2. The predicted molar refractivity (Wildman–Crippen MR) is 120 cm³/mol. The third-order valence-electron chi connectivity index (χ3n) is 6.68. The lowest BCUT2D eigenvalue weighted by Gasteiger charge is -2.34. The maximum Gasteiger partial charge on any atom is 0.416 e. The van der Waals surface area contributed by atoms with Crippen molar-refractivity contribution in [3.8, 4) is 6.07 Å². The molecule has 3 atom stereocenters. The summed E-state index contributed by atoms with van der Waals surface area (Å²) < 4.78 is 57.7. The molecule has 6 nitrogen and oxygen atoms in total. The molecule has 3 rings (SSSR count). The molecule has 0 spiro atoms. The Morgan fingerprint density at radius 1 is 1.11 bits per heavy atom. The van der Waals surface area contributed by atoms with Gasteiger partial charge in [-0.05, 0) is 49.3 Å². The third-order valence-corrected chi connectivity index (χ3v) is 6.68. The van der Waals surface area contributed by atoms with E-state index in [2.05, 4.69) is 5.32 Å². The van der Waals surface area contributed by atoms with E-state index in [4.69, 9.17) is 4.74 Å². The lowest BCUT2D eigenvalue weighted by atomic mass is 9.81. The van der Waals surface area contributed by atoms with Crippen molar-refractivity contribution in [2.24, 2.45) is 5.41 Å². The van der Waals surface area contributed by atoms with E-state index in [1.807, 2.05) is 6.07 Å². The number of carbonyl (C=O) groups excluding carboxylic acids is 2. The van der Waals surface area contributed by atoms with E-state index in [1.54, 1.807) is 20.8 Å². The molecule has 2 amide bonds. The summed E-state index contributed by atoms with van der Waals surface area (Å²) in [6.07, 6.45) is -5.08. The molecule has 0 aromatic heterocycles. The SMILES string of the molecule is CC(C)(C)C(OC(=O)NC1CCC(c2ccc(C(F)(F)F)cc2)CC1)C(=O)N1C[C@@H](F)C[C@H]1C#N. The highest BCUT2D eigenvalue weighted by Crippen LogP contribution is 2.36. The molecule has 1 aromatic carbocycles. The van der Waals surface area contributed by atoms with Crippen LogP contribution in [-0.4, -0.2) is 47.8 Å². The second-order valence-corrected chi connectivity index (χ2v) is 10.4. The Balaban J connectivity index is 1.55. The fraction of sp³-hybridized carbons (Fsp3) is 0.640. The van der Waals surface area contributed by atoms with Gasteiger partial charge in [-0.15, -0.1) is 0 Å². The molecule has 1 aliphatic heterocycles. The number of benzene rings is 1. The number of hydrogen-bond acceptors (Lipinski definition) is 4. The first-order chi connectivity index (χ1) is 16.3. The Labute approximate surface area is 202 Å². The third kappa shape index (κ3) is 6.65. The Morgan fingerprint density at radius 2 is 1.71 bits per heavy atom. The summed E-state index contributed by atoms with van der Waals surface area (Å²) in [6.45, 7) is 4.97. The first kappa shape index (κ1) is 26.8. The van der Waals surface area contributed by atoms with E-state index in [0.717, 1.165) is 22.6 Å². The van der Waals surface area contributed by atoms with Gasteiger partial charge in [0, 0.05) is 17.9 Å². The van der Waals surface area contributed by atoms with E-state index < -0.39 is 47.5 Å². The normalized spacial score (nSPS) is 26.1. The summed E-state index contributed by atoms with van der Waals surface area (Å²) in [4.78, 5) is 26.8. The lowest BCUT2D eigenvalue weighted by Crippen LogP contribution is -2.51. The molecule has 1 aliphatic carbocycles. The zero-order chi connectivity index (χ0) is 26.0. The van der Waals surface area contributed by atoms with Gasteiger partial charge in [-0.25, -0.2) is 9.18 Å². The average molecular weight is 498 g/mol. The molecule has 10 heteroatoms. The number of ether oxygens (including phenoxy) is 1. The molecule has 1 heterocycles. The fourth-order valence-corrected chi connectivity index (χ4v) is 4.72. The van der Waals surface area contributed by atoms with Gasteiger partial charge in [-0.1, -0.05) is 32.9 Å². The number of rotatable bonds is 4. The number of likely N-dealkylation sites (tertiary alicyclic amines) is 1. The number of nitrogens with one attached hydrogen (secondary N) is 1. The van der Waals surface area contributed by atoms with Gasteiger partial charge >= 0.3 is 12.3 Å². The van der Waals surface area contributed by atoms with E-state index in [9.17, 15) is 32.4 Å². The Hall–Kier alpha value is -2.83. The van der Waals surface area contributed by atoms with Gasteiger partial charge in [0.15, 0.2) is 6.10 Å². The van der Waals surface area contributed by atoms with Crippen molar-refractivity contribution in [2.45, 2.75) is 89.3 Å². The number of alkyl carbamates (subject to hydrolysis) is 1. The first-order valence-corrected chi connectivity index (χ1v) is 11.8. The van der Waals surface area contributed by atoms with E-state index in [0.29, 0.717) is 25.7 Å². The molecule has 1 saturated heterocycles. The Bertz CT molecular complexity index is 945.